The first-order valence-corrected chi connectivity index (χ1v) is 9.55. The molecule has 6 nitrogen and oxygen atoms in total. The SMILES string of the molecule is CCO[Si](OCC)(OCC)c1cccc(C2CC(=O)OC2=O)c1. The van der Waals surface area contributed by atoms with Crippen LogP contribution >= 0.6 is 0 Å². The maximum atomic E-state index is 11.8. The van der Waals surface area contributed by atoms with Crippen LogP contribution in [0.5, 0.6) is 0 Å². The van der Waals surface area contributed by atoms with Gasteiger partial charge in [-0.25, -0.2) is 0 Å². The fourth-order valence-electron chi connectivity index (χ4n) is 2.62. The van der Waals surface area contributed by atoms with Crippen molar-refractivity contribution in [2.75, 3.05) is 19.8 Å². The van der Waals surface area contributed by atoms with E-state index in [4.69, 9.17) is 13.3 Å². The van der Waals surface area contributed by atoms with Crippen molar-refractivity contribution in [3.05, 3.63) is 29.8 Å². The molecule has 0 saturated carbocycles. The number of hydrogen-bond donors (Lipinski definition) is 0. The first-order chi connectivity index (χ1) is 11.1. The predicted molar refractivity (Wildman–Crippen MR) is 85.2 cm³/mol. The molecule has 7 heteroatoms. The molecule has 1 aliphatic rings. The van der Waals surface area contributed by atoms with Gasteiger partial charge < -0.3 is 18.0 Å². The lowest BCUT2D eigenvalue weighted by molar-refractivity contribution is -0.152. The van der Waals surface area contributed by atoms with E-state index < -0.39 is 26.7 Å². The third-order valence-electron chi connectivity index (χ3n) is 3.52. The summed E-state index contributed by atoms with van der Waals surface area (Å²) in [5, 5.41) is 0.785. The number of benzene rings is 1. The van der Waals surface area contributed by atoms with Crippen molar-refractivity contribution >= 4 is 25.9 Å². The molecule has 1 saturated heterocycles. The normalized spacial score (nSPS) is 18.3. The predicted octanol–water partition coefficient (Wildman–Crippen LogP) is 1.50. The van der Waals surface area contributed by atoms with E-state index in [2.05, 4.69) is 4.74 Å². The van der Waals surface area contributed by atoms with Crippen LogP contribution in [-0.4, -0.2) is 40.6 Å². The number of rotatable bonds is 8. The molecule has 1 fully saturated rings. The molecule has 1 heterocycles. The van der Waals surface area contributed by atoms with Gasteiger partial charge in [-0.3, -0.25) is 9.59 Å². The zero-order chi connectivity index (χ0) is 16.9. The molecule has 1 aromatic carbocycles. The van der Waals surface area contributed by atoms with E-state index >= 15 is 0 Å². The minimum Gasteiger partial charge on any atom is -0.393 e. The number of cyclic esters (lactones) is 2. The van der Waals surface area contributed by atoms with E-state index in [-0.39, 0.29) is 6.42 Å². The van der Waals surface area contributed by atoms with Gasteiger partial charge in [-0.2, -0.15) is 0 Å². The number of esters is 2. The van der Waals surface area contributed by atoms with E-state index in [0.29, 0.717) is 25.4 Å². The highest BCUT2D eigenvalue weighted by Crippen LogP contribution is 2.27. The van der Waals surface area contributed by atoms with Crippen LogP contribution in [0.2, 0.25) is 0 Å². The third kappa shape index (κ3) is 3.87. The second-order valence-corrected chi connectivity index (χ2v) is 7.59. The molecule has 0 bridgehead atoms. The standard InChI is InChI=1S/C16H22O6Si/c1-4-19-23(20-5-2,21-6-3)13-9-7-8-12(10-13)14-11-15(17)22-16(14)18/h7-10,14H,4-6,11H2,1-3H3. The van der Waals surface area contributed by atoms with Crippen LogP contribution < -0.4 is 5.19 Å². The molecule has 2 rings (SSSR count). The molecule has 1 atom stereocenters. The van der Waals surface area contributed by atoms with E-state index in [1.807, 2.05) is 39.0 Å². The van der Waals surface area contributed by atoms with E-state index in [1.54, 1.807) is 6.07 Å². The average molecular weight is 338 g/mol. The molecule has 1 aliphatic heterocycles. The monoisotopic (exact) mass is 338 g/mol. The molecule has 0 spiro atoms. The number of carbonyl (C=O) groups is 2. The van der Waals surface area contributed by atoms with Gasteiger partial charge in [0.25, 0.3) is 0 Å². The summed E-state index contributed by atoms with van der Waals surface area (Å²) in [4.78, 5) is 23.1. The zero-order valence-electron chi connectivity index (χ0n) is 13.7. The van der Waals surface area contributed by atoms with Gasteiger partial charge in [0.15, 0.2) is 0 Å². The van der Waals surface area contributed by atoms with Crippen molar-refractivity contribution in [2.24, 2.45) is 0 Å². The third-order valence-corrected chi connectivity index (χ3v) is 6.54. The highest BCUT2D eigenvalue weighted by Gasteiger charge is 2.44. The second-order valence-electron chi connectivity index (χ2n) is 5.03. The Kier molecular flexibility index (Phi) is 6.06. The summed E-state index contributed by atoms with van der Waals surface area (Å²) in [7, 11) is -3.03. The number of ether oxygens (including phenoxy) is 1. The summed E-state index contributed by atoms with van der Waals surface area (Å²) < 4.78 is 22.3. The minimum atomic E-state index is -3.03. The van der Waals surface area contributed by atoms with Crippen molar-refractivity contribution in [3.8, 4) is 0 Å². The first-order valence-electron chi connectivity index (χ1n) is 7.83. The molecule has 0 radical (unpaired) electrons. The Morgan fingerprint density at radius 2 is 1.70 bits per heavy atom. The van der Waals surface area contributed by atoms with Crippen LogP contribution in [0.1, 0.15) is 38.7 Å². The van der Waals surface area contributed by atoms with Gasteiger partial charge in [-0.1, -0.05) is 24.3 Å². The Morgan fingerprint density at radius 1 is 1.09 bits per heavy atom. The molecular weight excluding hydrogens is 316 g/mol. The van der Waals surface area contributed by atoms with Crippen LogP contribution in [0, 0.1) is 0 Å². The highest BCUT2D eigenvalue weighted by molar-refractivity contribution is 6.75. The van der Waals surface area contributed by atoms with Crippen LogP contribution in [0.4, 0.5) is 0 Å². The van der Waals surface area contributed by atoms with Crippen molar-refractivity contribution in [1.82, 2.24) is 0 Å². The van der Waals surface area contributed by atoms with Gasteiger partial charge in [0.05, 0.1) is 12.3 Å². The summed E-state index contributed by atoms with van der Waals surface area (Å²) in [6.45, 7) is 7.03. The fraction of sp³-hybridized carbons (Fsp3) is 0.500. The average Bonchev–Trinajstić information content (AvgIpc) is 2.87. The van der Waals surface area contributed by atoms with Gasteiger partial charge in [0.1, 0.15) is 0 Å². The molecule has 0 amide bonds. The Labute approximate surface area is 137 Å². The summed E-state index contributed by atoms with van der Waals surface area (Å²) in [5.74, 6) is -1.57. The smallest absolute Gasteiger partial charge is 0.393 e. The molecule has 0 aliphatic carbocycles. The topological polar surface area (TPSA) is 71.1 Å². The van der Waals surface area contributed by atoms with Crippen molar-refractivity contribution in [2.45, 2.75) is 33.1 Å². The van der Waals surface area contributed by atoms with Gasteiger partial charge in [-0.05, 0) is 26.3 Å². The molecule has 126 valence electrons. The summed E-state index contributed by atoms with van der Waals surface area (Å²) >= 11 is 0. The highest BCUT2D eigenvalue weighted by atomic mass is 28.4. The minimum absolute atomic E-state index is 0.0642. The summed E-state index contributed by atoms with van der Waals surface area (Å²) in [6, 6.07) is 7.33. The Balaban J connectivity index is 2.38. The molecule has 0 aromatic heterocycles. The summed E-state index contributed by atoms with van der Waals surface area (Å²) in [6.07, 6.45) is 0.0642. The lowest BCUT2D eigenvalue weighted by Gasteiger charge is -2.29. The quantitative estimate of drug-likeness (QED) is 0.406. The number of carbonyl (C=O) groups excluding carboxylic acids is 2. The van der Waals surface area contributed by atoms with Gasteiger partial charge in [0, 0.05) is 25.0 Å². The molecule has 0 N–H and O–H groups in total. The van der Waals surface area contributed by atoms with E-state index in [0.717, 1.165) is 5.19 Å². The Bertz CT molecular complexity index is 556. The zero-order valence-corrected chi connectivity index (χ0v) is 14.7. The van der Waals surface area contributed by atoms with Crippen LogP contribution in [0.25, 0.3) is 0 Å². The maximum absolute atomic E-state index is 11.8. The maximum Gasteiger partial charge on any atom is 0.537 e. The van der Waals surface area contributed by atoms with Crippen LogP contribution in [0.15, 0.2) is 24.3 Å². The van der Waals surface area contributed by atoms with Gasteiger partial charge in [-0.15, -0.1) is 0 Å². The van der Waals surface area contributed by atoms with Crippen LogP contribution in [-0.2, 0) is 27.6 Å². The van der Waals surface area contributed by atoms with E-state index in [9.17, 15) is 9.59 Å². The molecule has 1 unspecified atom stereocenters. The number of hydrogen-bond acceptors (Lipinski definition) is 6. The summed E-state index contributed by atoms with van der Waals surface area (Å²) in [5.41, 5.74) is 0.717. The Morgan fingerprint density at radius 3 is 2.17 bits per heavy atom. The Hall–Kier alpha value is -1.54. The lowest BCUT2D eigenvalue weighted by Crippen LogP contribution is -2.57. The lowest BCUT2D eigenvalue weighted by atomic mass is 9.98. The van der Waals surface area contributed by atoms with Gasteiger partial charge >= 0.3 is 20.7 Å². The second kappa shape index (κ2) is 7.83. The van der Waals surface area contributed by atoms with E-state index in [1.165, 1.54) is 0 Å². The molecule has 1 aromatic rings. The van der Waals surface area contributed by atoms with Crippen molar-refractivity contribution in [1.29, 1.82) is 0 Å². The van der Waals surface area contributed by atoms with Crippen molar-refractivity contribution < 1.29 is 27.6 Å². The molecule has 23 heavy (non-hydrogen) atoms. The largest absolute Gasteiger partial charge is 0.537 e. The first kappa shape index (κ1) is 17.8. The van der Waals surface area contributed by atoms with Crippen molar-refractivity contribution in [3.63, 3.8) is 0 Å². The van der Waals surface area contributed by atoms with Gasteiger partial charge in [0.2, 0.25) is 0 Å². The molecular formula is C16H22O6Si. The van der Waals surface area contributed by atoms with Crippen LogP contribution in [0.3, 0.4) is 0 Å². The fourth-order valence-corrected chi connectivity index (χ4v) is 5.15.